The quantitative estimate of drug-likeness (QED) is 0.431. The lowest BCUT2D eigenvalue weighted by Gasteiger charge is -2.22. The summed E-state index contributed by atoms with van der Waals surface area (Å²) in [4.78, 5) is 25.1. The fourth-order valence-corrected chi connectivity index (χ4v) is 1.23. The van der Waals surface area contributed by atoms with E-state index in [-0.39, 0.29) is 0 Å². The third-order valence-electron chi connectivity index (χ3n) is 0.443. The van der Waals surface area contributed by atoms with Gasteiger partial charge < -0.3 is 18.8 Å². The Balaban J connectivity index is 3.75. The molecule has 0 heterocycles. The summed E-state index contributed by atoms with van der Waals surface area (Å²) in [5, 5.41) is 0. The van der Waals surface area contributed by atoms with Crippen LogP contribution in [0.2, 0.25) is 0 Å². The molecule has 0 aromatic rings. The fourth-order valence-electron chi connectivity index (χ4n) is 0.411. The highest BCUT2D eigenvalue weighted by Gasteiger charge is 2.35. The van der Waals surface area contributed by atoms with E-state index in [1.54, 1.807) is 20.8 Å². The number of hydrogen-bond donors (Lipinski definition) is 3. The topological polar surface area (TPSA) is 69.9 Å². The number of hydrogen-bond acceptors (Lipinski definition) is 4. The van der Waals surface area contributed by atoms with E-state index in [4.69, 9.17) is 14.4 Å². The van der Waals surface area contributed by atoms with Crippen molar-refractivity contribution in [3.63, 3.8) is 0 Å². The standard InChI is InChI=1S/C4H12O4Si/c1-4(2,3)8-9(5,6)7/h5-7H,1-3H3. The van der Waals surface area contributed by atoms with Crippen molar-refractivity contribution >= 4 is 9.05 Å². The minimum absolute atomic E-state index is 0.704. The van der Waals surface area contributed by atoms with Gasteiger partial charge in [-0.1, -0.05) is 0 Å². The maximum Gasteiger partial charge on any atom is 0.671 e. The summed E-state index contributed by atoms with van der Waals surface area (Å²) in [6, 6.07) is 0. The van der Waals surface area contributed by atoms with E-state index in [1.165, 1.54) is 0 Å². The molecule has 0 spiro atoms. The molecule has 0 atom stereocenters. The van der Waals surface area contributed by atoms with Crippen LogP contribution in [-0.2, 0) is 4.43 Å². The van der Waals surface area contributed by atoms with Crippen LogP contribution >= 0.6 is 0 Å². The first-order chi connectivity index (χ1) is 3.71. The first kappa shape index (κ1) is 9.06. The van der Waals surface area contributed by atoms with Gasteiger partial charge in [0.25, 0.3) is 0 Å². The van der Waals surface area contributed by atoms with Crippen LogP contribution in [-0.4, -0.2) is 29.0 Å². The van der Waals surface area contributed by atoms with Crippen molar-refractivity contribution in [2.75, 3.05) is 0 Å². The van der Waals surface area contributed by atoms with E-state index in [9.17, 15) is 0 Å². The molecule has 0 bridgehead atoms. The molecule has 56 valence electrons. The Kier molecular flexibility index (Phi) is 2.37. The first-order valence-corrected chi connectivity index (χ1v) is 4.33. The van der Waals surface area contributed by atoms with Gasteiger partial charge in [0.15, 0.2) is 0 Å². The van der Waals surface area contributed by atoms with Gasteiger partial charge in [0.05, 0.1) is 5.60 Å². The average Bonchev–Trinajstić information content (AvgIpc) is 1.14. The first-order valence-electron chi connectivity index (χ1n) is 2.58. The highest BCUT2D eigenvalue weighted by atomic mass is 28.4. The SMILES string of the molecule is CC(C)(C)O[Si](O)(O)O. The molecule has 0 aliphatic heterocycles. The second-order valence-corrected chi connectivity index (χ2v) is 4.14. The normalized spacial score (nSPS) is 14.0. The minimum Gasteiger partial charge on any atom is -0.368 e. The van der Waals surface area contributed by atoms with E-state index in [1.807, 2.05) is 0 Å². The zero-order valence-corrected chi connectivity index (χ0v) is 6.75. The molecule has 0 amide bonds. The van der Waals surface area contributed by atoms with Gasteiger partial charge >= 0.3 is 9.05 Å². The van der Waals surface area contributed by atoms with Crippen molar-refractivity contribution in [3.05, 3.63) is 0 Å². The second kappa shape index (κ2) is 2.35. The Labute approximate surface area is 55.2 Å². The van der Waals surface area contributed by atoms with E-state index in [0.717, 1.165) is 0 Å². The molecule has 9 heavy (non-hydrogen) atoms. The average molecular weight is 152 g/mol. The molecular weight excluding hydrogens is 140 g/mol. The van der Waals surface area contributed by atoms with Crippen molar-refractivity contribution in [2.24, 2.45) is 0 Å². The molecule has 0 fully saturated rings. The Morgan fingerprint density at radius 2 is 1.44 bits per heavy atom. The molecule has 0 rings (SSSR count). The van der Waals surface area contributed by atoms with Gasteiger partial charge in [0.1, 0.15) is 0 Å². The zero-order valence-electron chi connectivity index (χ0n) is 5.75. The van der Waals surface area contributed by atoms with E-state index >= 15 is 0 Å². The van der Waals surface area contributed by atoms with E-state index in [0.29, 0.717) is 0 Å². The lowest BCUT2D eigenvalue weighted by molar-refractivity contribution is -0.0121. The molecule has 3 N–H and O–H groups in total. The predicted octanol–water partition coefficient (Wildman–Crippen LogP) is -0.786. The summed E-state index contributed by atoms with van der Waals surface area (Å²) in [5.74, 6) is 0. The molecule has 5 heteroatoms. The molecule has 0 aliphatic carbocycles. The maximum absolute atomic E-state index is 8.38. The Bertz CT molecular complexity index is 77.7. The molecule has 0 saturated carbocycles. The number of rotatable bonds is 1. The summed E-state index contributed by atoms with van der Waals surface area (Å²) in [5.41, 5.74) is -0.704. The van der Waals surface area contributed by atoms with Crippen molar-refractivity contribution in [2.45, 2.75) is 26.4 Å². The Hall–Kier alpha value is 0.0569. The highest BCUT2D eigenvalue weighted by Crippen LogP contribution is 2.09. The summed E-state index contributed by atoms with van der Waals surface area (Å²) in [7, 11) is -4.29. The van der Waals surface area contributed by atoms with Gasteiger partial charge in [-0.15, -0.1) is 0 Å². The van der Waals surface area contributed by atoms with Crippen LogP contribution in [0, 0.1) is 0 Å². The van der Waals surface area contributed by atoms with Gasteiger partial charge in [0, 0.05) is 0 Å². The van der Waals surface area contributed by atoms with Gasteiger partial charge in [-0.3, -0.25) is 0 Å². The van der Waals surface area contributed by atoms with Gasteiger partial charge in [-0.05, 0) is 20.8 Å². The Morgan fingerprint density at radius 3 is 1.44 bits per heavy atom. The smallest absolute Gasteiger partial charge is 0.368 e. The van der Waals surface area contributed by atoms with E-state index < -0.39 is 14.6 Å². The van der Waals surface area contributed by atoms with Crippen LogP contribution in [0.3, 0.4) is 0 Å². The molecule has 0 unspecified atom stereocenters. The molecule has 0 saturated heterocycles. The Morgan fingerprint density at radius 1 is 1.11 bits per heavy atom. The summed E-state index contributed by atoms with van der Waals surface area (Å²) in [6.07, 6.45) is 0. The van der Waals surface area contributed by atoms with E-state index in [2.05, 4.69) is 4.43 Å². The summed E-state index contributed by atoms with van der Waals surface area (Å²) >= 11 is 0. The van der Waals surface area contributed by atoms with Crippen LogP contribution in [0.1, 0.15) is 20.8 Å². The zero-order chi connectivity index (χ0) is 7.71. The van der Waals surface area contributed by atoms with Gasteiger partial charge in [-0.2, -0.15) is 0 Å². The van der Waals surface area contributed by atoms with Crippen molar-refractivity contribution in [1.29, 1.82) is 0 Å². The third-order valence-corrected chi connectivity index (χ3v) is 1.33. The fraction of sp³-hybridized carbons (Fsp3) is 1.00. The lowest BCUT2D eigenvalue weighted by atomic mass is 10.2. The molecule has 4 nitrogen and oxygen atoms in total. The van der Waals surface area contributed by atoms with Crippen LogP contribution in [0.4, 0.5) is 0 Å². The largest absolute Gasteiger partial charge is 0.671 e. The monoisotopic (exact) mass is 152 g/mol. The summed E-state index contributed by atoms with van der Waals surface area (Å²) < 4.78 is 4.43. The van der Waals surface area contributed by atoms with Crippen molar-refractivity contribution < 1.29 is 18.8 Å². The van der Waals surface area contributed by atoms with Crippen molar-refractivity contribution in [3.8, 4) is 0 Å². The van der Waals surface area contributed by atoms with Crippen LogP contribution in [0.25, 0.3) is 0 Å². The lowest BCUT2D eigenvalue weighted by Crippen LogP contribution is -2.45. The van der Waals surface area contributed by atoms with Crippen molar-refractivity contribution in [1.82, 2.24) is 0 Å². The maximum atomic E-state index is 8.38. The summed E-state index contributed by atoms with van der Waals surface area (Å²) in [6.45, 7) is 4.87. The highest BCUT2D eigenvalue weighted by molar-refractivity contribution is 6.48. The molecule has 0 aromatic carbocycles. The van der Waals surface area contributed by atoms with Crippen LogP contribution < -0.4 is 0 Å². The predicted molar refractivity (Wildman–Crippen MR) is 33.2 cm³/mol. The third kappa shape index (κ3) is 8.06. The second-order valence-electron chi connectivity index (χ2n) is 2.79. The molecule has 0 radical (unpaired) electrons. The van der Waals surface area contributed by atoms with Crippen LogP contribution in [0.15, 0.2) is 0 Å². The molecule has 0 aliphatic rings. The van der Waals surface area contributed by atoms with Gasteiger partial charge in [-0.25, -0.2) is 0 Å². The van der Waals surface area contributed by atoms with Gasteiger partial charge in [0.2, 0.25) is 0 Å². The van der Waals surface area contributed by atoms with Crippen LogP contribution in [0.5, 0.6) is 0 Å². The minimum atomic E-state index is -4.29. The molecule has 0 aromatic heterocycles. The molecular formula is C4H12O4Si.